The second-order valence-corrected chi connectivity index (χ2v) is 8.67. The maximum atomic E-state index is 12.1. The molecule has 3 aromatic rings. The van der Waals surface area contributed by atoms with Gasteiger partial charge in [-0.2, -0.15) is 5.10 Å². The van der Waals surface area contributed by atoms with Gasteiger partial charge in [-0.15, -0.1) is 0 Å². The second-order valence-electron chi connectivity index (χ2n) is 7.85. The summed E-state index contributed by atoms with van der Waals surface area (Å²) in [6, 6.07) is 20.3. The van der Waals surface area contributed by atoms with E-state index in [0.29, 0.717) is 27.3 Å². The number of rotatable bonds is 8. The summed E-state index contributed by atoms with van der Waals surface area (Å²) in [6.45, 7) is 4.75. The molecule has 34 heavy (non-hydrogen) atoms. The Morgan fingerprint density at radius 2 is 1.65 bits per heavy atom. The van der Waals surface area contributed by atoms with Gasteiger partial charge in [0.25, 0.3) is 0 Å². The number of hydrogen-bond acceptors (Lipinski definition) is 4. The summed E-state index contributed by atoms with van der Waals surface area (Å²) in [5.41, 5.74) is 5.84. The fraction of sp³-hybridized carbons (Fsp3) is 0.192. The third kappa shape index (κ3) is 7.33. The first-order valence-electron chi connectivity index (χ1n) is 10.7. The fourth-order valence-corrected chi connectivity index (χ4v) is 3.32. The average Bonchev–Trinajstić information content (AvgIpc) is 2.84. The number of benzene rings is 3. The topological polar surface area (TPSA) is 79.8 Å². The van der Waals surface area contributed by atoms with Crippen LogP contribution in [0.4, 0.5) is 0 Å². The minimum Gasteiger partial charge on any atom is -0.488 e. The summed E-state index contributed by atoms with van der Waals surface area (Å²) in [5.74, 6) is -0.641. The first kappa shape index (κ1) is 25.3. The molecule has 0 atom stereocenters. The molecule has 3 rings (SSSR count). The lowest BCUT2D eigenvalue weighted by atomic mass is 10.0. The molecule has 0 aliphatic rings. The van der Waals surface area contributed by atoms with Gasteiger partial charge in [0.2, 0.25) is 0 Å². The van der Waals surface area contributed by atoms with Gasteiger partial charge in [0.1, 0.15) is 12.4 Å². The third-order valence-electron chi connectivity index (χ3n) is 4.97. The molecule has 176 valence electrons. The quantitative estimate of drug-likeness (QED) is 0.246. The third-order valence-corrected chi connectivity index (χ3v) is 5.71. The van der Waals surface area contributed by atoms with E-state index in [0.717, 1.165) is 11.1 Å². The van der Waals surface area contributed by atoms with Crippen molar-refractivity contribution in [1.29, 1.82) is 0 Å². The predicted molar refractivity (Wildman–Crippen MR) is 135 cm³/mol. The lowest BCUT2D eigenvalue weighted by molar-refractivity contribution is -0.139. The predicted octanol–water partition coefficient (Wildman–Crippen LogP) is 5.46. The molecular formula is C26H25Cl2N3O3. The van der Waals surface area contributed by atoms with Gasteiger partial charge >= 0.3 is 11.8 Å². The number of nitrogens with one attached hydrogen (secondary N) is 2. The van der Waals surface area contributed by atoms with Gasteiger partial charge in [0.05, 0.1) is 16.3 Å². The van der Waals surface area contributed by atoms with Crippen molar-refractivity contribution >= 4 is 41.2 Å². The van der Waals surface area contributed by atoms with Crippen LogP contribution in [0.2, 0.25) is 10.0 Å². The van der Waals surface area contributed by atoms with E-state index in [9.17, 15) is 9.59 Å². The Bertz CT molecular complexity index is 1180. The Morgan fingerprint density at radius 1 is 0.941 bits per heavy atom. The normalized spacial score (nSPS) is 11.0. The Balaban J connectivity index is 1.51. The number of para-hydroxylation sites is 1. The standard InChI is InChI=1S/C26H25Cl2N3O3/c1-17(2)20-10-7-18(8-11-20)14-29-25(32)26(33)31-30-15-21-5-3-4-6-24(21)34-16-19-9-12-22(27)23(28)13-19/h3-13,15,17H,14,16H2,1-2H3,(H,29,32)(H,31,33)/b30-15-. The highest BCUT2D eigenvalue weighted by Gasteiger charge is 2.12. The second kappa shape index (κ2) is 12.2. The number of hydrazone groups is 1. The number of carbonyl (C=O) groups excluding carboxylic acids is 2. The smallest absolute Gasteiger partial charge is 0.329 e. The van der Waals surface area contributed by atoms with Crippen LogP contribution >= 0.6 is 23.2 Å². The van der Waals surface area contributed by atoms with Crippen LogP contribution in [0.5, 0.6) is 5.75 Å². The van der Waals surface area contributed by atoms with Crippen molar-refractivity contribution in [3.05, 3.63) is 99.0 Å². The number of amides is 2. The molecule has 0 radical (unpaired) electrons. The Hall–Kier alpha value is -3.35. The highest BCUT2D eigenvalue weighted by molar-refractivity contribution is 6.42. The van der Waals surface area contributed by atoms with Gasteiger partial charge in [0.15, 0.2) is 0 Å². The zero-order chi connectivity index (χ0) is 24.5. The van der Waals surface area contributed by atoms with E-state index in [-0.39, 0.29) is 13.2 Å². The van der Waals surface area contributed by atoms with Gasteiger partial charge in [-0.25, -0.2) is 5.43 Å². The van der Waals surface area contributed by atoms with E-state index in [1.807, 2.05) is 42.5 Å². The molecule has 8 heteroatoms. The van der Waals surface area contributed by atoms with Gasteiger partial charge < -0.3 is 10.1 Å². The number of hydrogen-bond donors (Lipinski definition) is 2. The van der Waals surface area contributed by atoms with Crippen molar-refractivity contribution in [3.8, 4) is 5.75 Å². The van der Waals surface area contributed by atoms with E-state index >= 15 is 0 Å². The molecular weight excluding hydrogens is 473 g/mol. The van der Waals surface area contributed by atoms with E-state index in [2.05, 4.69) is 29.7 Å². The molecule has 3 aromatic carbocycles. The molecule has 0 bridgehead atoms. The summed E-state index contributed by atoms with van der Waals surface area (Å²) in [5, 5.41) is 7.39. The van der Waals surface area contributed by atoms with E-state index in [1.165, 1.54) is 11.8 Å². The highest BCUT2D eigenvalue weighted by atomic mass is 35.5. The Morgan fingerprint density at radius 3 is 2.35 bits per heavy atom. The lowest BCUT2D eigenvalue weighted by Crippen LogP contribution is -2.37. The zero-order valence-corrected chi connectivity index (χ0v) is 20.4. The molecule has 0 spiro atoms. The first-order chi connectivity index (χ1) is 16.3. The molecule has 0 saturated heterocycles. The molecule has 0 heterocycles. The molecule has 0 unspecified atom stereocenters. The van der Waals surface area contributed by atoms with Crippen LogP contribution in [0.3, 0.4) is 0 Å². The lowest BCUT2D eigenvalue weighted by Gasteiger charge is -2.10. The van der Waals surface area contributed by atoms with Crippen molar-refractivity contribution in [2.45, 2.75) is 32.9 Å². The van der Waals surface area contributed by atoms with Gasteiger partial charge in [-0.3, -0.25) is 9.59 Å². The van der Waals surface area contributed by atoms with Gasteiger partial charge in [-0.1, -0.05) is 79.5 Å². The molecule has 6 nitrogen and oxygen atoms in total. The number of halogens is 2. The van der Waals surface area contributed by atoms with Crippen molar-refractivity contribution in [3.63, 3.8) is 0 Å². The molecule has 0 saturated carbocycles. The largest absolute Gasteiger partial charge is 0.488 e. The highest BCUT2D eigenvalue weighted by Crippen LogP contribution is 2.24. The molecule has 0 aromatic heterocycles. The van der Waals surface area contributed by atoms with Crippen molar-refractivity contribution < 1.29 is 14.3 Å². The number of nitrogens with zero attached hydrogens (tertiary/aromatic N) is 1. The molecule has 0 aliphatic heterocycles. The van der Waals surface area contributed by atoms with Crippen LogP contribution in [-0.2, 0) is 22.7 Å². The Kier molecular flexibility index (Phi) is 9.08. The van der Waals surface area contributed by atoms with Crippen LogP contribution in [-0.4, -0.2) is 18.0 Å². The molecule has 0 aliphatic carbocycles. The summed E-state index contributed by atoms with van der Waals surface area (Å²) in [7, 11) is 0. The Labute approximate surface area is 208 Å². The summed E-state index contributed by atoms with van der Waals surface area (Å²) >= 11 is 12.0. The van der Waals surface area contributed by atoms with E-state index < -0.39 is 11.8 Å². The average molecular weight is 498 g/mol. The summed E-state index contributed by atoms with van der Waals surface area (Å²) in [4.78, 5) is 24.1. The maximum Gasteiger partial charge on any atom is 0.329 e. The van der Waals surface area contributed by atoms with Gasteiger partial charge in [0, 0.05) is 12.1 Å². The van der Waals surface area contributed by atoms with Crippen molar-refractivity contribution in [1.82, 2.24) is 10.7 Å². The molecule has 2 amide bonds. The summed E-state index contributed by atoms with van der Waals surface area (Å²) < 4.78 is 5.85. The zero-order valence-electron chi connectivity index (χ0n) is 18.8. The van der Waals surface area contributed by atoms with Gasteiger partial charge in [-0.05, 0) is 46.9 Å². The van der Waals surface area contributed by atoms with Crippen molar-refractivity contribution in [2.75, 3.05) is 0 Å². The van der Waals surface area contributed by atoms with Crippen LogP contribution in [0.15, 0.2) is 71.8 Å². The maximum absolute atomic E-state index is 12.1. The summed E-state index contributed by atoms with van der Waals surface area (Å²) in [6.07, 6.45) is 1.42. The van der Waals surface area contributed by atoms with Crippen LogP contribution < -0.4 is 15.5 Å². The van der Waals surface area contributed by atoms with E-state index in [4.69, 9.17) is 27.9 Å². The van der Waals surface area contributed by atoms with E-state index in [1.54, 1.807) is 24.3 Å². The number of carbonyl (C=O) groups is 2. The first-order valence-corrected chi connectivity index (χ1v) is 11.4. The minimum absolute atomic E-state index is 0.250. The van der Waals surface area contributed by atoms with Crippen LogP contribution in [0.25, 0.3) is 0 Å². The number of ether oxygens (including phenoxy) is 1. The van der Waals surface area contributed by atoms with Crippen LogP contribution in [0, 0.1) is 0 Å². The monoisotopic (exact) mass is 497 g/mol. The molecule has 2 N–H and O–H groups in total. The minimum atomic E-state index is -0.857. The fourth-order valence-electron chi connectivity index (χ4n) is 3.00. The van der Waals surface area contributed by atoms with Crippen LogP contribution in [0.1, 0.15) is 42.0 Å². The van der Waals surface area contributed by atoms with Crippen molar-refractivity contribution in [2.24, 2.45) is 5.10 Å². The molecule has 0 fully saturated rings. The SMILES string of the molecule is CC(C)c1ccc(CNC(=O)C(=O)N/N=C\c2ccccc2OCc2ccc(Cl)c(Cl)c2)cc1.